The summed E-state index contributed by atoms with van der Waals surface area (Å²) in [4.78, 5) is 4.22. The number of aryl methyl sites for hydroxylation is 3. The minimum absolute atomic E-state index is 1.23. The van der Waals surface area contributed by atoms with E-state index in [1.165, 1.54) is 33.3 Å². The normalized spacial score (nSPS) is 11.1. The SMILES string of the molecule is Cc1ccc(-c2c(C)c3cnccc3n2C)cc1. The van der Waals surface area contributed by atoms with Crippen LogP contribution in [0.1, 0.15) is 11.1 Å². The van der Waals surface area contributed by atoms with Crippen molar-refractivity contribution in [2.45, 2.75) is 13.8 Å². The summed E-state index contributed by atoms with van der Waals surface area (Å²) >= 11 is 0. The Morgan fingerprint density at radius 1 is 1.00 bits per heavy atom. The first-order valence-corrected chi connectivity index (χ1v) is 6.14. The van der Waals surface area contributed by atoms with E-state index in [-0.39, 0.29) is 0 Å². The van der Waals surface area contributed by atoms with E-state index < -0.39 is 0 Å². The van der Waals surface area contributed by atoms with Crippen molar-refractivity contribution in [2.75, 3.05) is 0 Å². The lowest BCUT2D eigenvalue weighted by Crippen LogP contribution is -1.92. The number of benzene rings is 1. The smallest absolute Gasteiger partial charge is 0.0518 e. The van der Waals surface area contributed by atoms with Crippen molar-refractivity contribution in [3.8, 4) is 11.3 Å². The van der Waals surface area contributed by atoms with Gasteiger partial charge in [-0.3, -0.25) is 4.98 Å². The molecule has 0 aliphatic rings. The first-order chi connectivity index (χ1) is 8.68. The molecule has 2 aromatic heterocycles. The van der Waals surface area contributed by atoms with Crippen LogP contribution in [0.2, 0.25) is 0 Å². The van der Waals surface area contributed by atoms with E-state index in [1.807, 2.05) is 12.4 Å². The van der Waals surface area contributed by atoms with Gasteiger partial charge < -0.3 is 4.57 Å². The van der Waals surface area contributed by atoms with E-state index in [0.29, 0.717) is 0 Å². The highest BCUT2D eigenvalue weighted by Gasteiger charge is 2.12. The number of aromatic nitrogens is 2. The Bertz CT molecular complexity index is 667. The summed E-state index contributed by atoms with van der Waals surface area (Å²) < 4.78 is 2.25. The van der Waals surface area contributed by atoms with E-state index in [4.69, 9.17) is 0 Å². The monoisotopic (exact) mass is 236 g/mol. The fourth-order valence-electron chi connectivity index (χ4n) is 2.59. The summed E-state index contributed by atoms with van der Waals surface area (Å²) in [5.74, 6) is 0. The Balaban J connectivity index is 2.32. The quantitative estimate of drug-likeness (QED) is 0.627. The van der Waals surface area contributed by atoms with Crippen molar-refractivity contribution in [1.29, 1.82) is 0 Å². The number of fused-ring (bicyclic) bond motifs is 1. The predicted octanol–water partition coefficient (Wildman–Crippen LogP) is 3.86. The maximum atomic E-state index is 4.22. The summed E-state index contributed by atoms with van der Waals surface area (Å²) in [6.45, 7) is 4.28. The van der Waals surface area contributed by atoms with Gasteiger partial charge in [0.25, 0.3) is 0 Å². The lowest BCUT2D eigenvalue weighted by molar-refractivity contribution is 0.972. The summed E-state index contributed by atoms with van der Waals surface area (Å²) in [7, 11) is 2.12. The van der Waals surface area contributed by atoms with Crippen LogP contribution in [0.5, 0.6) is 0 Å². The highest BCUT2D eigenvalue weighted by atomic mass is 15.0. The molecule has 18 heavy (non-hydrogen) atoms. The van der Waals surface area contributed by atoms with Gasteiger partial charge in [-0.05, 0) is 31.0 Å². The topological polar surface area (TPSA) is 17.8 Å². The molecule has 0 fully saturated rings. The lowest BCUT2D eigenvalue weighted by Gasteiger charge is -2.06. The molecule has 0 atom stereocenters. The van der Waals surface area contributed by atoms with Crippen LogP contribution in [0.15, 0.2) is 42.7 Å². The predicted molar refractivity (Wildman–Crippen MR) is 75.6 cm³/mol. The summed E-state index contributed by atoms with van der Waals surface area (Å²) in [5.41, 5.74) is 6.36. The van der Waals surface area contributed by atoms with Crippen LogP contribution in [0.3, 0.4) is 0 Å². The molecule has 0 bridgehead atoms. The highest BCUT2D eigenvalue weighted by molar-refractivity contribution is 5.90. The van der Waals surface area contributed by atoms with E-state index in [9.17, 15) is 0 Å². The van der Waals surface area contributed by atoms with Crippen LogP contribution in [0.25, 0.3) is 22.2 Å². The molecule has 1 aromatic carbocycles. The summed E-state index contributed by atoms with van der Waals surface area (Å²) in [6, 6.07) is 10.8. The number of pyridine rings is 1. The van der Waals surface area contributed by atoms with Gasteiger partial charge >= 0.3 is 0 Å². The minimum Gasteiger partial charge on any atom is -0.343 e. The van der Waals surface area contributed by atoms with Crippen molar-refractivity contribution in [2.24, 2.45) is 7.05 Å². The van der Waals surface area contributed by atoms with Crippen molar-refractivity contribution in [3.05, 3.63) is 53.9 Å². The molecule has 0 unspecified atom stereocenters. The van der Waals surface area contributed by atoms with Crippen molar-refractivity contribution in [3.63, 3.8) is 0 Å². The molecule has 90 valence electrons. The molecule has 0 amide bonds. The highest BCUT2D eigenvalue weighted by Crippen LogP contribution is 2.31. The average molecular weight is 236 g/mol. The minimum atomic E-state index is 1.23. The number of hydrogen-bond acceptors (Lipinski definition) is 1. The fourth-order valence-corrected chi connectivity index (χ4v) is 2.59. The van der Waals surface area contributed by atoms with Gasteiger partial charge in [-0.2, -0.15) is 0 Å². The van der Waals surface area contributed by atoms with Gasteiger partial charge in [-0.25, -0.2) is 0 Å². The maximum Gasteiger partial charge on any atom is 0.0518 e. The summed E-state index contributed by atoms with van der Waals surface area (Å²) in [6.07, 6.45) is 3.79. The van der Waals surface area contributed by atoms with Crippen LogP contribution >= 0.6 is 0 Å². The molecule has 0 spiro atoms. The Labute approximate surface area is 107 Å². The third-order valence-electron chi connectivity index (χ3n) is 3.58. The van der Waals surface area contributed by atoms with Crippen molar-refractivity contribution in [1.82, 2.24) is 9.55 Å². The molecule has 0 aliphatic carbocycles. The van der Waals surface area contributed by atoms with Gasteiger partial charge in [0.05, 0.1) is 11.2 Å². The molecule has 0 saturated heterocycles. The number of rotatable bonds is 1. The Kier molecular flexibility index (Phi) is 2.44. The zero-order valence-corrected chi connectivity index (χ0v) is 10.9. The molecule has 2 nitrogen and oxygen atoms in total. The Hall–Kier alpha value is -2.09. The van der Waals surface area contributed by atoms with Gasteiger partial charge in [0.2, 0.25) is 0 Å². The molecule has 0 saturated carbocycles. The van der Waals surface area contributed by atoms with Gasteiger partial charge in [-0.15, -0.1) is 0 Å². The molecule has 3 aromatic rings. The van der Waals surface area contributed by atoms with E-state index in [1.54, 1.807) is 0 Å². The standard InChI is InChI=1S/C16H16N2/c1-11-4-6-13(7-5-11)16-12(2)14-10-17-9-8-15(14)18(16)3/h4-10H,1-3H3. The molecule has 2 heterocycles. The van der Waals surface area contributed by atoms with Gasteiger partial charge in [-0.1, -0.05) is 29.8 Å². The second-order valence-electron chi connectivity index (χ2n) is 4.79. The third-order valence-corrected chi connectivity index (χ3v) is 3.58. The first-order valence-electron chi connectivity index (χ1n) is 6.14. The van der Waals surface area contributed by atoms with Crippen LogP contribution in [0.4, 0.5) is 0 Å². The average Bonchev–Trinajstić information content (AvgIpc) is 2.64. The van der Waals surface area contributed by atoms with Gasteiger partial charge in [0, 0.05) is 24.8 Å². The summed E-state index contributed by atoms with van der Waals surface area (Å²) in [5, 5.41) is 1.23. The third kappa shape index (κ3) is 1.53. The van der Waals surface area contributed by atoms with E-state index in [2.05, 4.69) is 60.8 Å². The molecule has 0 N–H and O–H groups in total. The maximum absolute atomic E-state index is 4.22. The second-order valence-corrected chi connectivity index (χ2v) is 4.79. The molecular formula is C16H16N2. The molecule has 3 rings (SSSR count). The second kappa shape index (κ2) is 3.98. The lowest BCUT2D eigenvalue weighted by atomic mass is 10.1. The number of hydrogen-bond donors (Lipinski definition) is 0. The first kappa shape index (κ1) is 11.0. The molecule has 2 heteroatoms. The van der Waals surface area contributed by atoms with Crippen molar-refractivity contribution < 1.29 is 0 Å². The van der Waals surface area contributed by atoms with Crippen LogP contribution in [-0.2, 0) is 7.05 Å². The van der Waals surface area contributed by atoms with E-state index >= 15 is 0 Å². The molecule has 0 radical (unpaired) electrons. The number of nitrogens with zero attached hydrogens (tertiary/aromatic N) is 2. The Morgan fingerprint density at radius 3 is 2.39 bits per heavy atom. The van der Waals surface area contributed by atoms with Crippen LogP contribution < -0.4 is 0 Å². The van der Waals surface area contributed by atoms with Crippen molar-refractivity contribution >= 4 is 10.9 Å². The molecule has 0 aliphatic heterocycles. The Morgan fingerprint density at radius 2 is 1.72 bits per heavy atom. The largest absolute Gasteiger partial charge is 0.343 e. The van der Waals surface area contributed by atoms with Crippen LogP contribution in [0, 0.1) is 13.8 Å². The zero-order valence-electron chi connectivity index (χ0n) is 10.9. The van der Waals surface area contributed by atoms with Gasteiger partial charge in [0.15, 0.2) is 0 Å². The molecular weight excluding hydrogens is 220 g/mol. The fraction of sp³-hybridized carbons (Fsp3) is 0.188. The van der Waals surface area contributed by atoms with Crippen LogP contribution in [-0.4, -0.2) is 9.55 Å². The zero-order chi connectivity index (χ0) is 12.7. The van der Waals surface area contributed by atoms with E-state index in [0.717, 1.165) is 0 Å². The van der Waals surface area contributed by atoms with Gasteiger partial charge in [0.1, 0.15) is 0 Å².